The van der Waals surface area contributed by atoms with Crippen LogP contribution in [0.4, 0.5) is 4.39 Å². The monoisotopic (exact) mass is 382 g/mol. The summed E-state index contributed by atoms with van der Waals surface area (Å²) in [5, 5.41) is 0. The number of pyridine rings is 1. The van der Waals surface area contributed by atoms with Crippen molar-refractivity contribution in [1.29, 1.82) is 0 Å². The minimum absolute atomic E-state index is 0.0371. The summed E-state index contributed by atoms with van der Waals surface area (Å²) in [6, 6.07) is 9.00. The van der Waals surface area contributed by atoms with Crippen LogP contribution in [0.3, 0.4) is 0 Å². The van der Waals surface area contributed by atoms with Crippen molar-refractivity contribution in [3.05, 3.63) is 58.1 Å². The van der Waals surface area contributed by atoms with Crippen molar-refractivity contribution < 1.29 is 12.8 Å². The van der Waals surface area contributed by atoms with Crippen molar-refractivity contribution in [1.82, 2.24) is 8.96 Å². The van der Waals surface area contributed by atoms with Crippen LogP contribution in [-0.2, 0) is 10.0 Å². The molecule has 2 heterocycles. The standard InChI is InChI=1S/C15H12BrFN2O2S/c1-9-3-5-11(6-4-9)22(20,21)19-13-7-10(2)15(16)18-12(13)8-14(19)17/h3-8H,1-2H3. The second-order valence-electron chi connectivity index (χ2n) is 5.05. The maximum absolute atomic E-state index is 14.3. The second kappa shape index (κ2) is 5.17. The Balaban J connectivity index is 2.31. The summed E-state index contributed by atoms with van der Waals surface area (Å²) in [6.45, 7) is 3.62. The molecule has 7 heteroatoms. The third-order valence-electron chi connectivity index (χ3n) is 3.39. The molecule has 3 aromatic rings. The van der Waals surface area contributed by atoms with Crippen LogP contribution >= 0.6 is 15.9 Å². The molecule has 114 valence electrons. The summed E-state index contributed by atoms with van der Waals surface area (Å²) in [7, 11) is -4.01. The highest BCUT2D eigenvalue weighted by Gasteiger charge is 2.24. The normalized spacial score (nSPS) is 12.0. The minimum atomic E-state index is -4.01. The van der Waals surface area contributed by atoms with E-state index in [9.17, 15) is 12.8 Å². The first kappa shape index (κ1) is 15.2. The lowest BCUT2D eigenvalue weighted by molar-refractivity contribution is 0.546. The van der Waals surface area contributed by atoms with E-state index >= 15 is 0 Å². The van der Waals surface area contributed by atoms with Crippen molar-refractivity contribution in [2.24, 2.45) is 0 Å². The fraction of sp³-hybridized carbons (Fsp3) is 0.133. The highest BCUT2D eigenvalue weighted by Crippen LogP contribution is 2.27. The van der Waals surface area contributed by atoms with Gasteiger partial charge in [-0.3, -0.25) is 0 Å². The molecule has 0 atom stereocenters. The number of rotatable bonds is 2. The van der Waals surface area contributed by atoms with Gasteiger partial charge in [0.1, 0.15) is 4.60 Å². The molecule has 0 N–H and O–H groups in total. The van der Waals surface area contributed by atoms with Crippen molar-refractivity contribution in [2.75, 3.05) is 0 Å². The Bertz CT molecular complexity index is 979. The van der Waals surface area contributed by atoms with E-state index in [1.54, 1.807) is 25.1 Å². The van der Waals surface area contributed by atoms with E-state index < -0.39 is 16.0 Å². The highest BCUT2D eigenvalue weighted by molar-refractivity contribution is 9.10. The summed E-state index contributed by atoms with van der Waals surface area (Å²) in [6.07, 6.45) is 0. The van der Waals surface area contributed by atoms with Gasteiger partial charge in [0.05, 0.1) is 15.9 Å². The fourth-order valence-electron chi connectivity index (χ4n) is 2.21. The number of aryl methyl sites for hydroxylation is 2. The van der Waals surface area contributed by atoms with Gasteiger partial charge in [-0.1, -0.05) is 17.7 Å². The van der Waals surface area contributed by atoms with E-state index in [2.05, 4.69) is 20.9 Å². The van der Waals surface area contributed by atoms with Crippen LogP contribution in [0.25, 0.3) is 11.0 Å². The van der Waals surface area contributed by atoms with Crippen molar-refractivity contribution in [3.8, 4) is 0 Å². The maximum atomic E-state index is 14.3. The molecule has 0 unspecified atom stereocenters. The molecule has 0 aliphatic heterocycles. The lowest BCUT2D eigenvalue weighted by Gasteiger charge is -2.09. The number of fused-ring (bicyclic) bond motifs is 1. The molecule has 0 saturated carbocycles. The van der Waals surface area contributed by atoms with Crippen LogP contribution in [-0.4, -0.2) is 17.4 Å². The SMILES string of the molecule is Cc1ccc(S(=O)(=O)n2c(F)cc3nc(Br)c(C)cc32)cc1. The second-order valence-corrected chi connectivity index (χ2v) is 7.59. The highest BCUT2D eigenvalue weighted by atomic mass is 79.9. The smallest absolute Gasteiger partial charge is 0.239 e. The quantitative estimate of drug-likeness (QED) is 0.633. The van der Waals surface area contributed by atoms with Crippen LogP contribution < -0.4 is 0 Å². The Morgan fingerprint density at radius 2 is 1.77 bits per heavy atom. The third-order valence-corrected chi connectivity index (χ3v) is 5.91. The van der Waals surface area contributed by atoms with E-state index in [-0.39, 0.29) is 15.9 Å². The van der Waals surface area contributed by atoms with Gasteiger partial charge in [-0.25, -0.2) is 17.4 Å². The van der Waals surface area contributed by atoms with E-state index in [0.717, 1.165) is 17.2 Å². The fourth-order valence-corrected chi connectivity index (χ4v) is 3.89. The topological polar surface area (TPSA) is 52.0 Å². The first-order chi connectivity index (χ1) is 10.3. The molecule has 1 aromatic carbocycles. The van der Waals surface area contributed by atoms with E-state index in [1.807, 2.05) is 6.92 Å². The Morgan fingerprint density at radius 1 is 1.14 bits per heavy atom. The summed E-state index contributed by atoms with van der Waals surface area (Å²) in [5.74, 6) is -0.861. The van der Waals surface area contributed by atoms with Crippen molar-refractivity contribution in [2.45, 2.75) is 18.7 Å². The summed E-state index contributed by atoms with van der Waals surface area (Å²) < 4.78 is 41.0. The molecule has 0 radical (unpaired) electrons. The largest absolute Gasteiger partial charge is 0.270 e. The molecule has 3 rings (SSSR count). The Kier molecular flexibility index (Phi) is 3.57. The predicted molar refractivity (Wildman–Crippen MR) is 85.9 cm³/mol. The van der Waals surface area contributed by atoms with Gasteiger partial charge in [0.25, 0.3) is 10.0 Å². The third kappa shape index (κ3) is 2.34. The number of nitrogens with zero attached hydrogens (tertiary/aromatic N) is 2. The Labute approximate surface area is 135 Å². The predicted octanol–water partition coefficient (Wildman–Crippen LogP) is 3.79. The average molecular weight is 383 g/mol. The van der Waals surface area contributed by atoms with Crippen LogP contribution in [0.2, 0.25) is 0 Å². The van der Waals surface area contributed by atoms with Crippen LogP contribution in [0.15, 0.2) is 45.9 Å². The van der Waals surface area contributed by atoms with Gasteiger partial charge in [0, 0.05) is 6.07 Å². The zero-order valence-corrected chi connectivity index (χ0v) is 14.2. The van der Waals surface area contributed by atoms with Crippen molar-refractivity contribution in [3.63, 3.8) is 0 Å². The molecular weight excluding hydrogens is 371 g/mol. The lowest BCUT2D eigenvalue weighted by atomic mass is 10.2. The van der Waals surface area contributed by atoms with Gasteiger partial charge >= 0.3 is 0 Å². The molecule has 0 fully saturated rings. The zero-order chi connectivity index (χ0) is 16.1. The van der Waals surface area contributed by atoms with E-state index in [4.69, 9.17) is 0 Å². The Hall–Kier alpha value is -1.73. The maximum Gasteiger partial charge on any atom is 0.270 e. The molecule has 0 bridgehead atoms. The number of halogens is 2. The van der Waals surface area contributed by atoms with Crippen molar-refractivity contribution >= 4 is 37.0 Å². The lowest BCUT2D eigenvalue weighted by Crippen LogP contribution is -2.14. The van der Waals surface area contributed by atoms with Gasteiger partial charge in [-0.05, 0) is 53.5 Å². The molecule has 0 amide bonds. The van der Waals surface area contributed by atoms with Crippen LogP contribution in [0.1, 0.15) is 11.1 Å². The van der Waals surface area contributed by atoms with Gasteiger partial charge < -0.3 is 0 Å². The van der Waals surface area contributed by atoms with Crippen LogP contribution in [0, 0.1) is 19.8 Å². The summed E-state index contributed by atoms with van der Waals surface area (Å²) in [4.78, 5) is 4.21. The number of hydrogen-bond acceptors (Lipinski definition) is 3. The molecule has 0 saturated heterocycles. The molecule has 0 aliphatic rings. The zero-order valence-electron chi connectivity index (χ0n) is 11.8. The molecule has 2 aromatic heterocycles. The molecule has 0 aliphatic carbocycles. The van der Waals surface area contributed by atoms with E-state index in [0.29, 0.717) is 8.58 Å². The van der Waals surface area contributed by atoms with Gasteiger partial charge in [0.15, 0.2) is 0 Å². The average Bonchev–Trinajstić information content (AvgIpc) is 2.75. The van der Waals surface area contributed by atoms with Gasteiger partial charge in [0.2, 0.25) is 5.95 Å². The van der Waals surface area contributed by atoms with Gasteiger partial charge in [-0.2, -0.15) is 4.39 Å². The molecular formula is C15H12BrFN2O2S. The number of hydrogen-bond donors (Lipinski definition) is 0. The summed E-state index contributed by atoms with van der Waals surface area (Å²) >= 11 is 3.26. The molecule has 0 spiro atoms. The van der Waals surface area contributed by atoms with Crippen LogP contribution in [0.5, 0.6) is 0 Å². The summed E-state index contributed by atoms with van der Waals surface area (Å²) in [5.41, 5.74) is 2.16. The molecule has 22 heavy (non-hydrogen) atoms. The number of aromatic nitrogens is 2. The van der Waals surface area contributed by atoms with Gasteiger partial charge in [-0.15, -0.1) is 0 Å². The molecule has 4 nitrogen and oxygen atoms in total. The first-order valence-corrected chi connectivity index (χ1v) is 8.70. The van der Waals surface area contributed by atoms with E-state index in [1.165, 1.54) is 12.1 Å². The first-order valence-electron chi connectivity index (χ1n) is 6.47. The Morgan fingerprint density at radius 3 is 2.41 bits per heavy atom. The number of benzene rings is 1. The minimum Gasteiger partial charge on any atom is -0.239 e.